The van der Waals surface area contributed by atoms with E-state index in [0.717, 1.165) is 19.3 Å². The molecule has 1 aliphatic rings. The lowest BCUT2D eigenvalue weighted by atomic mass is 9.87. The Morgan fingerprint density at radius 2 is 2.05 bits per heavy atom. The Bertz CT molecular complexity index is 966. The van der Waals surface area contributed by atoms with Crippen molar-refractivity contribution in [2.24, 2.45) is 5.92 Å². The predicted octanol–water partition coefficient (Wildman–Crippen LogP) is 3.09. The van der Waals surface area contributed by atoms with Crippen LogP contribution in [0.5, 0.6) is 11.5 Å². The summed E-state index contributed by atoms with van der Waals surface area (Å²) >= 11 is 2.03. The minimum atomic E-state index is -1.11. The third-order valence-corrected chi connectivity index (χ3v) is 7.07. The molecule has 2 rings (SSSR count). The molecule has 0 saturated carbocycles. The van der Waals surface area contributed by atoms with E-state index in [1.54, 1.807) is 23.1 Å². The molecule has 10 heteroatoms. The van der Waals surface area contributed by atoms with Gasteiger partial charge < -0.3 is 29.9 Å². The topological polar surface area (TPSA) is 125 Å². The summed E-state index contributed by atoms with van der Waals surface area (Å²) in [6.07, 6.45) is 3.07. The number of amides is 2. The highest BCUT2D eigenvalue weighted by molar-refractivity contribution is 14.1. The van der Waals surface area contributed by atoms with Crippen LogP contribution >= 0.6 is 22.6 Å². The number of nitrogens with zero attached hydrogens (tertiary/aromatic N) is 1. The number of nitrogens with one attached hydrogen (secondary N) is 1. The van der Waals surface area contributed by atoms with Gasteiger partial charge in [-0.1, -0.05) is 27.2 Å². The van der Waals surface area contributed by atoms with E-state index >= 15 is 0 Å². The molecule has 0 heterocycles. The molecule has 0 saturated heterocycles. The van der Waals surface area contributed by atoms with E-state index < -0.39 is 18.2 Å². The van der Waals surface area contributed by atoms with Crippen LogP contribution in [0.1, 0.15) is 63.2 Å². The highest BCUT2D eigenvalue weighted by Gasteiger charge is 2.40. The maximum absolute atomic E-state index is 13.3. The van der Waals surface area contributed by atoms with Crippen LogP contribution < -0.4 is 14.8 Å². The van der Waals surface area contributed by atoms with Crippen molar-refractivity contribution in [1.82, 2.24) is 10.2 Å². The van der Waals surface area contributed by atoms with Crippen molar-refractivity contribution < 1.29 is 34.1 Å². The molecule has 3 unspecified atom stereocenters. The summed E-state index contributed by atoms with van der Waals surface area (Å²) in [4.78, 5) is 39.2. The summed E-state index contributed by atoms with van der Waals surface area (Å²) in [5.74, 6) is 0.543. The van der Waals surface area contributed by atoms with Crippen molar-refractivity contribution in [2.45, 2.75) is 71.1 Å². The molecule has 0 bridgehead atoms. The first-order valence-corrected chi connectivity index (χ1v) is 13.8. The lowest BCUT2D eigenvalue weighted by molar-refractivity contribution is -0.139. The number of hydrogen-bond donors (Lipinski definition) is 3. The van der Waals surface area contributed by atoms with Gasteiger partial charge in [-0.15, -0.1) is 0 Å². The zero-order chi connectivity index (χ0) is 27.5. The van der Waals surface area contributed by atoms with E-state index in [0.29, 0.717) is 51.4 Å². The van der Waals surface area contributed by atoms with Crippen molar-refractivity contribution in [3.8, 4) is 11.5 Å². The molecule has 0 radical (unpaired) electrons. The highest BCUT2D eigenvalue weighted by Crippen LogP contribution is 2.37. The third kappa shape index (κ3) is 8.68. The number of aliphatic hydroxyl groups excluding tert-OH is 2. The molecule has 9 nitrogen and oxygen atoms in total. The Kier molecular flexibility index (Phi) is 12.8. The average molecular weight is 631 g/mol. The second-order valence-corrected chi connectivity index (χ2v) is 10.7. The first kappa shape index (κ1) is 31.0. The van der Waals surface area contributed by atoms with E-state index in [-0.39, 0.29) is 31.4 Å². The molecule has 37 heavy (non-hydrogen) atoms. The minimum absolute atomic E-state index is 0.0650. The number of carbonyl (C=O) groups is 3. The van der Waals surface area contributed by atoms with Gasteiger partial charge in [0.05, 0.1) is 23.3 Å². The van der Waals surface area contributed by atoms with E-state index in [4.69, 9.17) is 14.6 Å². The summed E-state index contributed by atoms with van der Waals surface area (Å²) in [5.41, 5.74) is 0.779. The van der Waals surface area contributed by atoms with Gasteiger partial charge in [-0.05, 0) is 59.6 Å². The number of aliphatic hydroxyl groups is 2. The molecule has 0 aromatic heterocycles. The van der Waals surface area contributed by atoms with Gasteiger partial charge in [-0.3, -0.25) is 14.4 Å². The number of methoxy groups -OCH3 is 1. The Hall–Kier alpha value is -2.18. The molecule has 2 amide bonds. The van der Waals surface area contributed by atoms with Crippen LogP contribution in [0.4, 0.5) is 0 Å². The van der Waals surface area contributed by atoms with Gasteiger partial charge in [0, 0.05) is 37.1 Å². The zero-order valence-electron chi connectivity index (χ0n) is 22.0. The fourth-order valence-corrected chi connectivity index (χ4v) is 4.93. The van der Waals surface area contributed by atoms with Gasteiger partial charge in [0.1, 0.15) is 18.5 Å². The largest absolute Gasteiger partial charge is 0.493 e. The van der Waals surface area contributed by atoms with Crippen molar-refractivity contribution in [3.05, 3.63) is 32.9 Å². The van der Waals surface area contributed by atoms with E-state index in [2.05, 4.69) is 19.2 Å². The molecule has 1 aromatic carbocycles. The second-order valence-electron chi connectivity index (χ2n) is 9.54. The van der Waals surface area contributed by atoms with Crippen LogP contribution in [0.3, 0.4) is 0 Å². The number of halogens is 1. The van der Waals surface area contributed by atoms with E-state index in [1.165, 1.54) is 7.11 Å². The third-order valence-electron chi connectivity index (χ3n) is 6.27. The maximum atomic E-state index is 13.3. The van der Waals surface area contributed by atoms with Gasteiger partial charge in [-0.2, -0.15) is 0 Å². The molecule has 1 aliphatic carbocycles. The van der Waals surface area contributed by atoms with Crippen LogP contribution in [-0.2, 0) is 9.59 Å². The van der Waals surface area contributed by atoms with Crippen LogP contribution in [0.2, 0.25) is 0 Å². The first-order valence-electron chi connectivity index (χ1n) is 12.7. The number of carbonyl (C=O) groups excluding carboxylic acids is 3. The summed E-state index contributed by atoms with van der Waals surface area (Å²) < 4.78 is 12.3. The standard InChI is InChI=1S/C27H39IN2O7/c1-5-6-7-24(33)30(10-8-17(2)3)21-14-19(27(35)29-9-11-31)15-22(25(21)34)37-26-20(28)12-18(16-32)13-23(26)36-4/h12-13,15-17,21-22,25,31,34H,5-11,14H2,1-4H3,(H,29,35). The molecule has 206 valence electrons. The van der Waals surface area contributed by atoms with Gasteiger partial charge in [0.25, 0.3) is 0 Å². The van der Waals surface area contributed by atoms with Gasteiger partial charge in [0.15, 0.2) is 11.5 Å². The smallest absolute Gasteiger partial charge is 0.247 e. The number of ether oxygens (including phenoxy) is 2. The Balaban J connectivity index is 2.49. The van der Waals surface area contributed by atoms with Crippen molar-refractivity contribution >= 4 is 40.7 Å². The van der Waals surface area contributed by atoms with Crippen LogP contribution in [0.25, 0.3) is 0 Å². The fourth-order valence-electron chi connectivity index (χ4n) is 4.18. The molecule has 3 N–H and O–H groups in total. The second kappa shape index (κ2) is 15.3. The van der Waals surface area contributed by atoms with E-state index in [1.807, 2.05) is 29.5 Å². The average Bonchev–Trinajstić information content (AvgIpc) is 2.88. The lowest BCUT2D eigenvalue weighted by Crippen LogP contribution is -2.55. The molecule has 3 atom stereocenters. The summed E-state index contributed by atoms with van der Waals surface area (Å²) in [5, 5.41) is 23.3. The molecule has 0 spiro atoms. The molecule has 0 aliphatic heterocycles. The number of unbranched alkanes of at least 4 members (excludes halogenated alkanes) is 1. The van der Waals surface area contributed by atoms with Crippen LogP contribution in [0.15, 0.2) is 23.8 Å². The maximum Gasteiger partial charge on any atom is 0.247 e. The molecular weight excluding hydrogens is 591 g/mol. The number of rotatable bonds is 14. The van der Waals surface area contributed by atoms with Crippen LogP contribution in [-0.4, -0.2) is 78.3 Å². The molecular formula is C27H39IN2O7. The summed E-state index contributed by atoms with van der Waals surface area (Å²) in [6.45, 7) is 6.49. The van der Waals surface area contributed by atoms with Crippen molar-refractivity contribution in [3.63, 3.8) is 0 Å². The molecule has 0 fully saturated rings. The summed E-state index contributed by atoms with van der Waals surface area (Å²) in [7, 11) is 1.45. The highest BCUT2D eigenvalue weighted by atomic mass is 127. The fraction of sp³-hybridized carbons (Fsp3) is 0.593. The number of aldehydes is 1. The van der Waals surface area contributed by atoms with Crippen LogP contribution in [0, 0.1) is 9.49 Å². The van der Waals surface area contributed by atoms with Crippen molar-refractivity contribution in [1.29, 1.82) is 0 Å². The van der Waals surface area contributed by atoms with Gasteiger partial charge >= 0.3 is 0 Å². The minimum Gasteiger partial charge on any atom is -0.493 e. The summed E-state index contributed by atoms with van der Waals surface area (Å²) in [6, 6.07) is 2.50. The zero-order valence-corrected chi connectivity index (χ0v) is 24.2. The number of hydrogen-bond acceptors (Lipinski definition) is 7. The van der Waals surface area contributed by atoms with Gasteiger partial charge in [-0.25, -0.2) is 0 Å². The number of benzene rings is 1. The Morgan fingerprint density at radius 3 is 2.65 bits per heavy atom. The van der Waals surface area contributed by atoms with Gasteiger partial charge in [0.2, 0.25) is 11.8 Å². The quantitative estimate of drug-likeness (QED) is 0.213. The lowest BCUT2D eigenvalue weighted by Gasteiger charge is -2.41. The Morgan fingerprint density at radius 1 is 1.32 bits per heavy atom. The van der Waals surface area contributed by atoms with Crippen molar-refractivity contribution in [2.75, 3.05) is 26.8 Å². The SMILES string of the molecule is CCCCC(=O)N(CCC(C)C)C1CC(C(=O)NCCO)=CC(Oc2c(I)cc(C=O)cc2OC)C1O. The Labute approximate surface area is 232 Å². The normalized spacial score (nSPS) is 19.2. The monoisotopic (exact) mass is 630 g/mol. The first-order chi connectivity index (χ1) is 17.7. The molecule has 1 aromatic rings. The predicted molar refractivity (Wildman–Crippen MR) is 149 cm³/mol. The van der Waals surface area contributed by atoms with E-state index in [9.17, 15) is 19.5 Å².